The second-order valence-corrected chi connectivity index (χ2v) is 6.62. The van der Waals surface area contributed by atoms with Crippen LogP contribution in [0.1, 0.15) is 26.3 Å². The highest BCUT2D eigenvalue weighted by molar-refractivity contribution is 9.10. The van der Waals surface area contributed by atoms with E-state index in [-0.39, 0.29) is 5.41 Å². The molecule has 17 heavy (non-hydrogen) atoms. The van der Waals surface area contributed by atoms with Crippen LogP contribution >= 0.6 is 39.1 Å². The van der Waals surface area contributed by atoms with Gasteiger partial charge in [-0.1, -0.05) is 59.9 Å². The van der Waals surface area contributed by atoms with E-state index in [1.165, 1.54) is 0 Å². The van der Waals surface area contributed by atoms with Crippen LogP contribution in [-0.4, -0.2) is 4.98 Å². The number of halogens is 3. The number of pyridine rings is 1. The monoisotopic (exact) mass is 331 g/mol. The number of hydrogen-bond acceptors (Lipinski definition) is 1. The maximum Gasteiger partial charge on any atom is 0.133 e. The van der Waals surface area contributed by atoms with Gasteiger partial charge in [-0.25, -0.2) is 4.98 Å². The lowest BCUT2D eigenvalue weighted by molar-refractivity contribution is 0.589. The quantitative estimate of drug-likeness (QED) is 0.572. The number of hydrogen-bond donors (Lipinski definition) is 0. The van der Waals surface area contributed by atoms with Crippen molar-refractivity contribution in [2.75, 3.05) is 0 Å². The van der Waals surface area contributed by atoms with Gasteiger partial charge in [0.05, 0.1) is 10.5 Å². The molecule has 0 bridgehead atoms. The summed E-state index contributed by atoms with van der Waals surface area (Å²) < 4.78 is 0.978. The summed E-state index contributed by atoms with van der Waals surface area (Å²) in [5.74, 6) is 0. The number of rotatable bonds is 0. The van der Waals surface area contributed by atoms with Crippen molar-refractivity contribution in [2.24, 2.45) is 0 Å². The van der Waals surface area contributed by atoms with Crippen LogP contribution in [-0.2, 0) is 5.41 Å². The molecule has 90 valence electrons. The second-order valence-electron chi connectivity index (χ2n) is 5.00. The minimum atomic E-state index is -0.0416. The fourth-order valence-corrected chi connectivity index (χ4v) is 2.76. The molecule has 1 heterocycles. The molecule has 0 saturated heterocycles. The standard InChI is InChI=1S/C13H12BrCl2N/c1-13(2,3)8-6-7-9(14)4-5-10(15)11(7)17-12(8)16/h4-6H,1-3H3. The minimum Gasteiger partial charge on any atom is -0.234 e. The number of aromatic nitrogens is 1. The molecule has 1 nitrogen and oxygen atoms in total. The third-order valence-corrected chi connectivity index (χ3v) is 3.93. The summed E-state index contributed by atoms with van der Waals surface area (Å²) in [7, 11) is 0. The SMILES string of the molecule is CC(C)(C)c1cc2c(Br)ccc(Cl)c2nc1Cl. The van der Waals surface area contributed by atoms with E-state index >= 15 is 0 Å². The van der Waals surface area contributed by atoms with Gasteiger partial charge in [-0.15, -0.1) is 0 Å². The van der Waals surface area contributed by atoms with Gasteiger partial charge >= 0.3 is 0 Å². The number of nitrogens with zero attached hydrogens (tertiary/aromatic N) is 1. The molecule has 1 aromatic carbocycles. The Morgan fingerprint density at radius 3 is 2.41 bits per heavy atom. The van der Waals surface area contributed by atoms with Gasteiger partial charge in [0.15, 0.2) is 0 Å². The summed E-state index contributed by atoms with van der Waals surface area (Å²) in [5, 5.41) is 2.13. The van der Waals surface area contributed by atoms with Gasteiger partial charge in [-0.3, -0.25) is 0 Å². The normalized spacial score (nSPS) is 12.1. The van der Waals surface area contributed by atoms with Gasteiger partial charge in [0.1, 0.15) is 5.15 Å². The molecule has 0 saturated carbocycles. The molecule has 1 aromatic heterocycles. The Labute approximate surface area is 119 Å². The molecule has 0 aliphatic heterocycles. The molecule has 2 aromatic rings. The smallest absolute Gasteiger partial charge is 0.133 e. The van der Waals surface area contributed by atoms with Crippen LogP contribution in [0.4, 0.5) is 0 Å². The average Bonchev–Trinajstić information content (AvgIpc) is 2.21. The molecule has 0 unspecified atom stereocenters. The predicted molar refractivity (Wildman–Crippen MR) is 78.2 cm³/mol. The fraction of sp³-hybridized carbons (Fsp3) is 0.308. The molecule has 0 fully saturated rings. The van der Waals surface area contributed by atoms with Crippen LogP contribution in [0.15, 0.2) is 22.7 Å². The highest BCUT2D eigenvalue weighted by Gasteiger charge is 2.20. The van der Waals surface area contributed by atoms with Gasteiger partial charge < -0.3 is 0 Å². The third kappa shape index (κ3) is 2.44. The van der Waals surface area contributed by atoms with Gasteiger partial charge in [0, 0.05) is 9.86 Å². The van der Waals surface area contributed by atoms with E-state index in [1.54, 1.807) is 0 Å². The average molecular weight is 333 g/mol. The first-order chi connectivity index (χ1) is 7.80. The van der Waals surface area contributed by atoms with Crippen LogP contribution in [0.3, 0.4) is 0 Å². The van der Waals surface area contributed by atoms with Crippen molar-refractivity contribution in [3.63, 3.8) is 0 Å². The second kappa shape index (κ2) is 4.42. The molecule has 0 spiro atoms. The zero-order chi connectivity index (χ0) is 12.8. The van der Waals surface area contributed by atoms with Crippen LogP contribution in [0.25, 0.3) is 10.9 Å². The van der Waals surface area contributed by atoms with E-state index in [1.807, 2.05) is 12.1 Å². The maximum absolute atomic E-state index is 6.23. The Balaban J connectivity index is 2.85. The summed E-state index contributed by atoms with van der Waals surface area (Å²) in [5.41, 5.74) is 1.72. The summed E-state index contributed by atoms with van der Waals surface area (Å²) in [6.07, 6.45) is 0. The van der Waals surface area contributed by atoms with Crippen molar-refractivity contribution in [1.82, 2.24) is 4.98 Å². The molecule has 0 aliphatic carbocycles. The van der Waals surface area contributed by atoms with Crippen LogP contribution < -0.4 is 0 Å². The predicted octanol–water partition coefficient (Wildman–Crippen LogP) is 5.60. The van der Waals surface area contributed by atoms with Crippen molar-refractivity contribution >= 4 is 50.0 Å². The zero-order valence-corrected chi connectivity index (χ0v) is 12.9. The summed E-state index contributed by atoms with van der Waals surface area (Å²) in [4.78, 5) is 4.41. The van der Waals surface area contributed by atoms with Gasteiger partial charge in [-0.05, 0) is 29.2 Å². The Bertz CT molecular complexity index is 588. The maximum atomic E-state index is 6.23. The van der Waals surface area contributed by atoms with Crippen LogP contribution in [0, 0.1) is 0 Å². The molecule has 0 amide bonds. The van der Waals surface area contributed by atoms with Crippen LogP contribution in [0.5, 0.6) is 0 Å². The zero-order valence-electron chi connectivity index (χ0n) is 9.81. The largest absolute Gasteiger partial charge is 0.234 e. The minimum absolute atomic E-state index is 0.0416. The van der Waals surface area contributed by atoms with E-state index in [0.717, 1.165) is 20.9 Å². The van der Waals surface area contributed by atoms with E-state index < -0.39 is 0 Å². The van der Waals surface area contributed by atoms with Crippen molar-refractivity contribution in [3.8, 4) is 0 Å². The lowest BCUT2D eigenvalue weighted by atomic mass is 9.87. The summed E-state index contributed by atoms with van der Waals surface area (Å²) >= 11 is 15.9. The van der Waals surface area contributed by atoms with E-state index in [2.05, 4.69) is 47.8 Å². The molecule has 0 atom stereocenters. The van der Waals surface area contributed by atoms with Crippen molar-refractivity contribution in [3.05, 3.63) is 38.4 Å². The third-order valence-electron chi connectivity index (χ3n) is 2.64. The van der Waals surface area contributed by atoms with E-state index in [9.17, 15) is 0 Å². The Morgan fingerprint density at radius 2 is 1.82 bits per heavy atom. The molecular weight excluding hydrogens is 321 g/mol. The molecular formula is C13H12BrCl2N. The van der Waals surface area contributed by atoms with Gasteiger partial charge in [-0.2, -0.15) is 0 Å². The molecule has 0 radical (unpaired) electrons. The first kappa shape index (κ1) is 13.1. The summed E-state index contributed by atoms with van der Waals surface area (Å²) in [6.45, 7) is 6.33. The number of benzene rings is 1. The van der Waals surface area contributed by atoms with E-state index in [4.69, 9.17) is 23.2 Å². The Hall–Kier alpha value is -0.310. The van der Waals surface area contributed by atoms with Crippen molar-refractivity contribution in [1.29, 1.82) is 0 Å². The molecule has 4 heteroatoms. The molecule has 2 rings (SSSR count). The molecule has 0 N–H and O–H groups in total. The fourth-order valence-electron chi connectivity index (χ4n) is 1.70. The first-order valence-corrected chi connectivity index (χ1v) is 6.80. The summed E-state index contributed by atoms with van der Waals surface area (Å²) in [6, 6.07) is 5.79. The Morgan fingerprint density at radius 1 is 1.18 bits per heavy atom. The van der Waals surface area contributed by atoms with Gasteiger partial charge in [0.25, 0.3) is 0 Å². The Kier molecular flexibility index (Phi) is 3.41. The van der Waals surface area contributed by atoms with Crippen molar-refractivity contribution < 1.29 is 0 Å². The first-order valence-electron chi connectivity index (χ1n) is 5.25. The van der Waals surface area contributed by atoms with Crippen LogP contribution in [0.2, 0.25) is 10.2 Å². The highest BCUT2D eigenvalue weighted by atomic mass is 79.9. The number of fused-ring (bicyclic) bond motifs is 1. The lowest BCUT2D eigenvalue weighted by Crippen LogP contribution is -2.12. The molecule has 0 aliphatic rings. The van der Waals surface area contributed by atoms with Gasteiger partial charge in [0.2, 0.25) is 0 Å². The van der Waals surface area contributed by atoms with E-state index in [0.29, 0.717) is 10.2 Å². The van der Waals surface area contributed by atoms with Crippen molar-refractivity contribution in [2.45, 2.75) is 26.2 Å². The topological polar surface area (TPSA) is 12.9 Å². The highest BCUT2D eigenvalue weighted by Crippen LogP contribution is 2.35. The lowest BCUT2D eigenvalue weighted by Gasteiger charge is -2.21.